The molecule has 0 atom stereocenters. The number of anilines is 1. The van der Waals surface area contributed by atoms with Crippen LogP contribution in [0, 0.1) is 12.7 Å². The molecule has 2 aromatic heterocycles. The molecule has 0 spiro atoms. The van der Waals surface area contributed by atoms with E-state index in [1.165, 1.54) is 30.6 Å². The lowest BCUT2D eigenvalue weighted by atomic mass is 10.1. The van der Waals surface area contributed by atoms with Gasteiger partial charge in [-0.25, -0.2) is 17.8 Å². The van der Waals surface area contributed by atoms with Crippen LogP contribution in [0.4, 0.5) is 10.1 Å². The Balaban J connectivity index is 1.64. The van der Waals surface area contributed by atoms with Gasteiger partial charge in [-0.2, -0.15) is 0 Å². The maximum Gasteiger partial charge on any atom is 0.262 e. The lowest BCUT2D eigenvalue weighted by Gasteiger charge is -2.10. The van der Waals surface area contributed by atoms with E-state index in [0.717, 1.165) is 28.0 Å². The number of nitrogens with zero attached hydrogens (tertiary/aromatic N) is 2. The Hall–Kier alpha value is -2.91. The monoisotopic (exact) mass is 417 g/mol. The highest BCUT2D eigenvalue weighted by Gasteiger charge is 2.17. The summed E-state index contributed by atoms with van der Waals surface area (Å²) in [6.07, 6.45) is 1.91. The van der Waals surface area contributed by atoms with Gasteiger partial charge in [-0.05, 0) is 37.3 Å². The summed E-state index contributed by atoms with van der Waals surface area (Å²) in [5.41, 5.74) is 2.96. The van der Waals surface area contributed by atoms with Crippen LogP contribution in [0.2, 0.25) is 0 Å². The van der Waals surface area contributed by atoms with E-state index in [1.807, 2.05) is 29.0 Å². The number of methoxy groups -OCH3 is 1. The predicted molar refractivity (Wildman–Crippen MR) is 107 cm³/mol. The number of nitrogens with one attached hydrogen (secondary N) is 1. The molecule has 144 valence electrons. The maximum absolute atomic E-state index is 13.9. The Labute approximate surface area is 165 Å². The second-order valence-corrected chi connectivity index (χ2v) is 8.66. The van der Waals surface area contributed by atoms with Crippen molar-refractivity contribution in [2.24, 2.45) is 0 Å². The average molecular weight is 417 g/mol. The minimum Gasteiger partial charge on any atom is -0.494 e. The molecule has 4 aromatic rings. The van der Waals surface area contributed by atoms with Crippen LogP contribution in [-0.2, 0) is 10.0 Å². The predicted octanol–water partition coefficient (Wildman–Crippen LogP) is 4.32. The van der Waals surface area contributed by atoms with Crippen LogP contribution >= 0.6 is 11.3 Å². The summed E-state index contributed by atoms with van der Waals surface area (Å²) in [6, 6.07) is 10.4. The number of hydrogen-bond acceptors (Lipinski definition) is 5. The third kappa shape index (κ3) is 3.34. The van der Waals surface area contributed by atoms with E-state index in [4.69, 9.17) is 4.74 Å². The molecule has 0 saturated heterocycles. The zero-order valence-electron chi connectivity index (χ0n) is 15.0. The van der Waals surface area contributed by atoms with Gasteiger partial charge >= 0.3 is 0 Å². The van der Waals surface area contributed by atoms with Crippen molar-refractivity contribution in [2.75, 3.05) is 11.8 Å². The van der Waals surface area contributed by atoms with E-state index in [2.05, 4.69) is 9.71 Å². The molecular formula is C19H16FN3O3S2. The van der Waals surface area contributed by atoms with Crippen LogP contribution in [0.1, 0.15) is 5.69 Å². The van der Waals surface area contributed by atoms with Gasteiger partial charge < -0.3 is 4.74 Å². The van der Waals surface area contributed by atoms with Crippen LogP contribution < -0.4 is 9.46 Å². The van der Waals surface area contributed by atoms with Crippen LogP contribution in [-0.4, -0.2) is 24.9 Å². The number of halogens is 1. The maximum atomic E-state index is 13.9. The van der Waals surface area contributed by atoms with Crippen molar-refractivity contribution in [3.63, 3.8) is 0 Å². The topological polar surface area (TPSA) is 72.7 Å². The number of ether oxygens (including phenoxy) is 1. The van der Waals surface area contributed by atoms with Gasteiger partial charge in [-0.1, -0.05) is 12.1 Å². The smallest absolute Gasteiger partial charge is 0.262 e. The van der Waals surface area contributed by atoms with Crippen molar-refractivity contribution in [3.8, 4) is 17.0 Å². The molecule has 0 aliphatic carbocycles. The molecule has 0 aliphatic rings. The molecule has 1 N–H and O–H groups in total. The quantitative estimate of drug-likeness (QED) is 0.525. The molecular weight excluding hydrogens is 401 g/mol. The van der Waals surface area contributed by atoms with Gasteiger partial charge in [0, 0.05) is 28.5 Å². The van der Waals surface area contributed by atoms with E-state index in [-0.39, 0.29) is 10.6 Å². The van der Waals surface area contributed by atoms with Crippen molar-refractivity contribution in [1.82, 2.24) is 9.38 Å². The number of fused-ring (bicyclic) bond motifs is 1. The molecule has 4 rings (SSSR count). The van der Waals surface area contributed by atoms with Crippen LogP contribution in [0.3, 0.4) is 0 Å². The second-order valence-electron chi connectivity index (χ2n) is 6.14. The molecule has 0 amide bonds. The molecule has 0 fully saturated rings. The molecule has 0 aliphatic heterocycles. The summed E-state index contributed by atoms with van der Waals surface area (Å²) < 4.78 is 48.4. The standard InChI is InChI=1S/C19H16FN3O3S2/c1-12-11-27-19-21-17(10-23(12)19)13-4-3-5-14(8-13)22-28(24,25)15-6-7-18(26-2)16(20)9-15/h3-11,22H,1-2H3. The Morgan fingerprint density at radius 1 is 1.21 bits per heavy atom. The van der Waals surface area contributed by atoms with Gasteiger partial charge in [0.2, 0.25) is 0 Å². The Kier molecular flexibility index (Phi) is 4.56. The van der Waals surface area contributed by atoms with E-state index in [9.17, 15) is 12.8 Å². The molecule has 6 nitrogen and oxygen atoms in total. The number of rotatable bonds is 5. The van der Waals surface area contributed by atoms with Gasteiger partial charge in [0.15, 0.2) is 16.5 Å². The Morgan fingerprint density at radius 2 is 2.04 bits per heavy atom. The fraction of sp³-hybridized carbons (Fsp3) is 0.105. The second kappa shape index (κ2) is 6.92. The van der Waals surface area contributed by atoms with E-state index in [1.54, 1.807) is 18.2 Å². The van der Waals surface area contributed by atoms with Crippen molar-refractivity contribution in [2.45, 2.75) is 11.8 Å². The SMILES string of the molecule is COc1ccc(S(=O)(=O)Nc2cccc(-c3cn4c(C)csc4n3)c2)cc1F. The normalized spacial score (nSPS) is 11.7. The zero-order chi connectivity index (χ0) is 19.9. The Morgan fingerprint density at radius 3 is 2.75 bits per heavy atom. The first-order valence-electron chi connectivity index (χ1n) is 8.27. The van der Waals surface area contributed by atoms with Gasteiger partial charge in [-0.3, -0.25) is 9.12 Å². The lowest BCUT2D eigenvalue weighted by Crippen LogP contribution is -2.13. The summed E-state index contributed by atoms with van der Waals surface area (Å²) in [6.45, 7) is 1.99. The van der Waals surface area contributed by atoms with Gasteiger partial charge in [0.05, 0.1) is 17.7 Å². The number of sulfonamides is 1. The molecule has 0 saturated carbocycles. The van der Waals surface area contributed by atoms with Gasteiger partial charge in [0.1, 0.15) is 0 Å². The molecule has 28 heavy (non-hydrogen) atoms. The van der Waals surface area contributed by atoms with E-state index in [0.29, 0.717) is 5.69 Å². The summed E-state index contributed by atoms with van der Waals surface area (Å²) >= 11 is 1.54. The molecule has 2 heterocycles. The van der Waals surface area contributed by atoms with Gasteiger partial charge in [0.25, 0.3) is 10.0 Å². The van der Waals surface area contributed by atoms with Crippen molar-refractivity contribution >= 4 is 32.0 Å². The zero-order valence-corrected chi connectivity index (χ0v) is 16.6. The highest BCUT2D eigenvalue weighted by Crippen LogP contribution is 2.27. The van der Waals surface area contributed by atoms with Crippen LogP contribution in [0.5, 0.6) is 5.75 Å². The van der Waals surface area contributed by atoms with Crippen molar-refractivity contribution in [3.05, 3.63) is 65.6 Å². The number of benzene rings is 2. The molecule has 2 aromatic carbocycles. The number of hydrogen-bond donors (Lipinski definition) is 1. The van der Waals surface area contributed by atoms with Crippen LogP contribution in [0.15, 0.2) is 58.9 Å². The molecule has 0 radical (unpaired) electrons. The van der Waals surface area contributed by atoms with E-state index >= 15 is 0 Å². The summed E-state index contributed by atoms with van der Waals surface area (Å²) in [7, 11) is -2.63. The summed E-state index contributed by atoms with van der Waals surface area (Å²) in [5.74, 6) is -0.761. The van der Waals surface area contributed by atoms with Crippen molar-refractivity contribution < 1.29 is 17.5 Å². The molecule has 0 unspecified atom stereocenters. The number of imidazole rings is 1. The fourth-order valence-corrected chi connectivity index (χ4v) is 4.72. The average Bonchev–Trinajstić information content (AvgIpc) is 3.24. The minimum atomic E-state index is -3.95. The van der Waals surface area contributed by atoms with Crippen LogP contribution in [0.25, 0.3) is 16.2 Å². The minimum absolute atomic E-state index is 0.0176. The first-order valence-corrected chi connectivity index (χ1v) is 10.6. The van der Waals surface area contributed by atoms with E-state index < -0.39 is 15.8 Å². The largest absolute Gasteiger partial charge is 0.494 e. The molecule has 9 heteroatoms. The fourth-order valence-electron chi connectivity index (χ4n) is 2.80. The number of aryl methyl sites for hydroxylation is 1. The third-order valence-electron chi connectivity index (χ3n) is 4.23. The highest BCUT2D eigenvalue weighted by molar-refractivity contribution is 7.92. The summed E-state index contributed by atoms with van der Waals surface area (Å²) in [4.78, 5) is 5.25. The van der Waals surface area contributed by atoms with Gasteiger partial charge in [-0.15, -0.1) is 11.3 Å². The van der Waals surface area contributed by atoms with Crippen molar-refractivity contribution in [1.29, 1.82) is 0 Å². The first-order chi connectivity index (χ1) is 13.4. The lowest BCUT2D eigenvalue weighted by molar-refractivity contribution is 0.385. The third-order valence-corrected chi connectivity index (χ3v) is 6.57. The molecule has 0 bridgehead atoms. The Bertz CT molecular complexity index is 1280. The number of thiazole rings is 1. The first kappa shape index (κ1) is 18.5. The number of aromatic nitrogens is 2. The summed E-state index contributed by atoms with van der Waals surface area (Å²) in [5, 5.41) is 2.02. The highest BCUT2D eigenvalue weighted by atomic mass is 32.2.